The number of carbonyl (C=O) groups excluding carboxylic acids is 1. The average molecular weight is 374 g/mol. The summed E-state index contributed by atoms with van der Waals surface area (Å²) in [4.78, 5) is 14.6. The summed E-state index contributed by atoms with van der Waals surface area (Å²) >= 11 is 1.58. The molecular weight excluding hydrogens is 342 g/mol. The van der Waals surface area contributed by atoms with Crippen molar-refractivity contribution in [2.24, 2.45) is 5.73 Å². The van der Waals surface area contributed by atoms with E-state index in [-0.39, 0.29) is 12.4 Å². The van der Waals surface area contributed by atoms with E-state index in [0.29, 0.717) is 12.8 Å². The second-order valence-corrected chi connectivity index (χ2v) is 8.86. The van der Waals surface area contributed by atoms with Crippen LogP contribution >= 0.6 is 11.3 Å². The van der Waals surface area contributed by atoms with Gasteiger partial charge >= 0.3 is 0 Å². The number of thiophene rings is 1. The first-order chi connectivity index (χ1) is 12.2. The minimum atomic E-state index is -0.563. The van der Waals surface area contributed by atoms with Gasteiger partial charge in [-0.05, 0) is 81.7 Å². The van der Waals surface area contributed by atoms with E-state index in [1.54, 1.807) is 11.3 Å². The van der Waals surface area contributed by atoms with Crippen LogP contribution in [0.2, 0.25) is 0 Å². The molecule has 0 spiro atoms. The van der Waals surface area contributed by atoms with E-state index in [1.165, 1.54) is 21.6 Å². The van der Waals surface area contributed by atoms with Gasteiger partial charge in [0.25, 0.3) is 0 Å². The van der Waals surface area contributed by atoms with E-state index in [1.807, 2.05) is 19.9 Å². The Morgan fingerprint density at radius 1 is 1.12 bits per heavy atom. The average Bonchev–Trinajstić information content (AvgIpc) is 2.97. The van der Waals surface area contributed by atoms with Crippen LogP contribution in [-0.2, 0) is 12.8 Å². The summed E-state index contributed by atoms with van der Waals surface area (Å²) in [5.41, 5.74) is 10.5. The van der Waals surface area contributed by atoms with Crippen LogP contribution in [0.3, 0.4) is 0 Å². The van der Waals surface area contributed by atoms with E-state index in [2.05, 4.69) is 32.0 Å². The minimum Gasteiger partial charge on any atom is -0.394 e. The molecule has 3 N–H and O–H groups in total. The number of aryl methyl sites for hydroxylation is 5. The van der Waals surface area contributed by atoms with Crippen molar-refractivity contribution in [3.05, 3.63) is 56.3 Å². The van der Waals surface area contributed by atoms with Gasteiger partial charge in [0, 0.05) is 16.8 Å². The molecule has 0 amide bonds. The Morgan fingerprint density at radius 3 is 2.50 bits per heavy atom. The van der Waals surface area contributed by atoms with Crippen LogP contribution in [0, 0.1) is 20.8 Å². The Labute approximate surface area is 161 Å². The molecule has 2 aromatic rings. The lowest BCUT2D eigenvalue weighted by molar-refractivity contribution is 0.0984. The topological polar surface area (TPSA) is 63.3 Å². The van der Waals surface area contributed by atoms with Crippen LogP contribution in [0.5, 0.6) is 0 Å². The second-order valence-electron chi connectivity index (χ2n) is 7.72. The van der Waals surface area contributed by atoms with Gasteiger partial charge in [0.05, 0.1) is 11.5 Å². The number of benzene rings is 1. The smallest absolute Gasteiger partial charge is 0.172 e. The largest absolute Gasteiger partial charge is 0.394 e. The third-order valence-electron chi connectivity index (χ3n) is 5.02. The zero-order valence-corrected chi connectivity index (χ0v) is 17.2. The summed E-state index contributed by atoms with van der Waals surface area (Å²) in [7, 11) is 0. The first-order valence-corrected chi connectivity index (χ1v) is 10.1. The fourth-order valence-electron chi connectivity index (χ4n) is 2.92. The molecule has 3 nitrogen and oxygen atoms in total. The molecule has 0 aliphatic carbocycles. The van der Waals surface area contributed by atoms with Gasteiger partial charge in [0.2, 0.25) is 0 Å². The molecule has 0 bridgehead atoms. The second kappa shape index (κ2) is 8.94. The van der Waals surface area contributed by atoms with Gasteiger partial charge in [-0.3, -0.25) is 4.79 Å². The number of carbonyl (C=O) groups is 1. The predicted molar refractivity (Wildman–Crippen MR) is 110 cm³/mol. The molecule has 26 heavy (non-hydrogen) atoms. The van der Waals surface area contributed by atoms with Crippen LogP contribution < -0.4 is 5.73 Å². The maximum Gasteiger partial charge on any atom is 0.172 e. The first kappa shape index (κ1) is 20.8. The number of hydrogen-bond acceptors (Lipinski definition) is 4. The van der Waals surface area contributed by atoms with E-state index >= 15 is 0 Å². The molecule has 1 atom stereocenters. The highest BCUT2D eigenvalue weighted by Gasteiger charge is 2.19. The van der Waals surface area contributed by atoms with Gasteiger partial charge < -0.3 is 10.8 Å². The maximum atomic E-state index is 12.5. The maximum absolute atomic E-state index is 12.5. The van der Waals surface area contributed by atoms with E-state index < -0.39 is 5.54 Å². The monoisotopic (exact) mass is 373 g/mol. The highest BCUT2D eigenvalue weighted by Crippen LogP contribution is 2.26. The number of hydrogen-bond donors (Lipinski definition) is 2. The van der Waals surface area contributed by atoms with Gasteiger partial charge in [-0.2, -0.15) is 0 Å². The number of aliphatic hydroxyl groups excluding tert-OH is 1. The van der Waals surface area contributed by atoms with Crippen molar-refractivity contribution in [1.29, 1.82) is 0 Å². The molecule has 4 heteroatoms. The van der Waals surface area contributed by atoms with Crippen LogP contribution in [0.4, 0.5) is 0 Å². The molecule has 1 heterocycles. The zero-order valence-electron chi connectivity index (χ0n) is 16.4. The molecule has 1 aromatic heterocycles. The molecule has 0 saturated heterocycles. The quantitative estimate of drug-likeness (QED) is 0.635. The normalized spacial score (nSPS) is 13.6. The summed E-state index contributed by atoms with van der Waals surface area (Å²) in [5, 5.41) is 9.28. The van der Waals surface area contributed by atoms with Gasteiger partial charge in [-0.25, -0.2) is 0 Å². The molecule has 2 rings (SSSR count). The molecular formula is C22H31NO2S. The highest BCUT2D eigenvalue weighted by molar-refractivity contribution is 7.14. The van der Waals surface area contributed by atoms with Crippen LogP contribution in [0.25, 0.3) is 0 Å². The minimum absolute atomic E-state index is 0.0261. The van der Waals surface area contributed by atoms with Crippen molar-refractivity contribution >= 4 is 17.1 Å². The van der Waals surface area contributed by atoms with Crippen molar-refractivity contribution in [2.45, 2.75) is 65.3 Å². The van der Waals surface area contributed by atoms with Crippen LogP contribution in [-0.4, -0.2) is 23.0 Å². The SMILES string of the molecule is Cc1ccc(CCCC(=O)c2cc(C)c(CCC(C)(N)CO)s2)cc1C. The lowest BCUT2D eigenvalue weighted by atomic mass is 9.97. The number of ketones is 1. The fraction of sp³-hybridized carbons (Fsp3) is 0.500. The summed E-state index contributed by atoms with van der Waals surface area (Å²) in [5.74, 6) is 0.228. The molecule has 0 radical (unpaired) electrons. The molecule has 0 fully saturated rings. The Balaban J connectivity index is 1.89. The summed E-state index contributed by atoms with van der Waals surface area (Å²) in [6, 6.07) is 8.54. The van der Waals surface area contributed by atoms with Crippen LogP contribution in [0.15, 0.2) is 24.3 Å². The van der Waals surface area contributed by atoms with E-state index in [9.17, 15) is 9.90 Å². The Hall–Kier alpha value is -1.49. The van der Waals surface area contributed by atoms with Crippen molar-refractivity contribution in [3.8, 4) is 0 Å². The highest BCUT2D eigenvalue weighted by atomic mass is 32.1. The molecule has 0 saturated carbocycles. The predicted octanol–water partition coefficient (Wildman–Crippen LogP) is 4.52. The van der Waals surface area contributed by atoms with Crippen molar-refractivity contribution in [3.63, 3.8) is 0 Å². The molecule has 142 valence electrons. The number of nitrogens with two attached hydrogens (primary N) is 1. The van der Waals surface area contributed by atoms with Crippen LogP contribution in [0.1, 0.15) is 63.0 Å². The van der Waals surface area contributed by atoms with Gasteiger partial charge in [-0.1, -0.05) is 18.2 Å². The van der Waals surface area contributed by atoms with Gasteiger partial charge in [0.15, 0.2) is 5.78 Å². The first-order valence-electron chi connectivity index (χ1n) is 9.30. The zero-order chi connectivity index (χ0) is 19.3. The van der Waals surface area contributed by atoms with E-state index in [0.717, 1.165) is 29.7 Å². The van der Waals surface area contributed by atoms with Gasteiger partial charge in [-0.15, -0.1) is 11.3 Å². The number of rotatable bonds is 9. The van der Waals surface area contributed by atoms with Gasteiger partial charge in [0.1, 0.15) is 0 Å². The fourth-order valence-corrected chi connectivity index (χ4v) is 4.06. The van der Waals surface area contributed by atoms with E-state index in [4.69, 9.17) is 5.73 Å². The third-order valence-corrected chi connectivity index (χ3v) is 6.36. The summed E-state index contributed by atoms with van der Waals surface area (Å²) in [6.07, 6.45) is 3.91. The molecule has 1 aromatic carbocycles. The van der Waals surface area contributed by atoms with Crippen molar-refractivity contribution in [2.75, 3.05) is 6.61 Å². The van der Waals surface area contributed by atoms with Crippen molar-refractivity contribution in [1.82, 2.24) is 0 Å². The lowest BCUT2D eigenvalue weighted by Gasteiger charge is -2.21. The molecule has 0 aliphatic heterocycles. The Morgan fingerprint density at radius 2 is 1.85 bits per heavy atom. The summed E-state index contributed by atoms with van der Waals surface area (Å²) in [6.45, 7) is 8.12. The standard InChI is InChI=1S/C22H31NO2S/c1-15-8-9-18(12-16(15)2)6-5-7-19(25)21-13-17(3)20(26-21)10-11-22(4,23)14-24/h8-9,12-13,24H,5-7,10-11,14,23H2,1-4H3. The Bertz CT molecular complexity index is 761. The number of aliphatic hydroxyl groups is 1. The lowest BCUT2D eigenvalue weighted by Crippen LogP contribution is -2.40. The molecule has 1 unspecified atom stereocenters. The summed E-state index contributed by atoms with van der Waals surface area (Å²) < 4.78 is 0. The Kier molecular flexibility index (Phi) is 7.16. The number of Topliss-reactive ketones (excluding diaryl/α,β-unsaturated/α-hetero) is 1. The molecule has 0 aliphatic rings. The van der Waals surface area contributed by atoms with Crippen molar-refractivity contribution < 1.29 is 9.90 Å². The third kappa shape index (κ3) is 5.76.